The molecule has 0 aliphatic carbocycles. The SMILES string of the molecule is CCNCCc1nnc(-c2cccc(O)c2)o1. The van der Waals surface area contributed by atoms with E-state index >= 15 is 0 Å². The standard InChI is InChI=1S/C12H15N3O2/c1-2-13-7-6-11-14-15-12(17-11)9-4-3-5-10(16)8-9/h3-5,8,13,16H,2,6-7H2,1H3. The topological polar surface area (TPSA) is 71.2 Å². The van der Waals surface area contributed by atoms with Crippen molar-refractivity contribution >= 4 is 0 Å². The van der Waals surface area contributed by atoms with Crippen LogP contribution in [0.15, 0.2) is 28.7 Å². The molecular weight excluding hydrogens is 218 g/mol. The summed E-state index contributed by atoms with van der Waals surface area (Å²) in [7, 11) is 0. The van der Waals surface area contributed by atoms with Crippen LogP contribution in [0.2, 0.25) is 0 Å². The second-order valence-electron chi connectivity index (χ2n) is 3.65. The molecule has 5 nitrogen and oxygen atoms in total. The quantitative estimate of drug-likeness (QED) is 0.767. The van der Waals surface area contributed by atoms with Crippen LogP contribution in [-0.4, -0.2) is 28.4 Å². The molecule has 1 aromatic carbocycles. The minimum atomic E-state index is 0.190. The highest BCUT2D eigenvalue weighted by Crippen LogP contribution is 2.21. The predicted molar refractivity (Wildman–Crippen MR) is 63.6 cm³/mol. The van der Waals surface area contributed by atoms with Crippen LogP contribution in [0.4, 0.5) is 0 Å². The summed E-state index contributed by atoms with van der Waals surface area (Å²) in [5.41, 5.74) is 0.729. The lowest BCUT2D eigenvalue weighted by atomic mass is 10.2. The maximum Gasteiger partial charge on any atom is 0.247 e. The Morgan fingerprint density at radius 1 is 1.35 bits per heavy atom. The number of aromatic hydroxyl groups is 1. The average Bonchev–Trinajstić information content (AvgIpc) is 2.78. The predicted octanol–water partition coefficient (Wildman–Crippen LogP) is 1.59. The first-order chi connectivity index (χ1) is 8.29. The highest BCUT2D eigenvalue weighted by Gasteiger charge is 2.08. The Hall–Kier alpha value is -1.88. The molecule has 0 atom stereocenters. The summed E-state index contributed by atoms with van der Waals surface area (Å²) in [5.74, 6) is 1.23. The van der Waals surface area contributed by atoms with Crippen LogP contribution in [0.1, 0.15) is 12.8 Å². The number of nitrogens with one attached hydrogen (secondary N) is 1. The molecule has 0 bridgehead atoms. The lowest BCUT2D eigenvalue weighted by Crippen LogP contribution is -2.16. The second kappa shape index (κ2) is 5.45. The van der Waals surface area contributed by atoms with Crippen molar-refractivity contribution in [3.05, 3.63) is 30.2 Å². The van der Waals surface area contributed by atoms with Gasteiger partial charge in [0.15, 0.2) is 0 Å². The van der Waals surface area contributed by atoms with Gasteiger partial charge in [-0.1, -0.05) is 13.0 Å². The first-order valence-corrected chi connectivity index (χ1v) is 5.62. The minimum Gasteiger partial charge on any atom is -0.508 e. The number of rotatable bonds is 5. The number of benzene rings is 1. The van der Waals surface area contributed by atoms with Crippen LogP contribution >= 0.6 is 0 Å². The fourth-order valence-electron chi connectivity index (χ4n) is 1.48. The van der Waals surface area contributed by atoms with Gasteiger partial charge in [-0.3, -0.25) is 0 Å². The van der Waals surface area contributed by atoms with Crippen molar-refractivity contribution in [2.75, 3.05) is 13.1 Å². The van der Waals surface area contributed by atoms with Crippen molar-refractivity contribution < 1.29 is 9.52 Å². The first-order valence-electron chi connectivity index (χ1n) is 5.62. The van der Waals surface area contributed by atoms with E-state index in [-0.39, 0.29) is 5.75 Å². The lowest BCUT2D eigenvalue weighted by molar-refractivity contribution is 0.473. The molecule has 0 aliphatic heterocycles. The Bertz CT molecular complexity index is 482. The molecule has 1 heterocycles. The van der Waals surface area contributed by atoms with E-state index in [9.17, 15) is 5.11 Å². The Kier molecular flexibility index (Phi) is 3.72. The number of phenols is 1. The summed E-state index contributed by atoms with van der Waals surface area (Å²) in [5, 5.41) is 20.4. The summed E-state index contributed by atoms with van der Waals surface area (Å²) in [6, 6.07) is 6.77. The van der Waals surface area contributed by atoms with E-state index in [1.165, 1.54) is 0 Å². The van der Waals surface area contributed by atoms with Crippen LogP contribution in [0, 0.1) is 0 Å². The third-order valence-electron chi connectivity index (χ3n) is 2.33. The Balaban J connectivity index is 2.07. The lowest BCUT2D eigenvalue weighted by Gasteiger charge is -1.97. The van der Waals surface area contributed by atoms with Crippen LogP contribution in [0.3, 0.4) is 0 Å². The van der Waals surface area contributed by atoms with Gasteiger partial charge in [0.25, 0.3) is 0 Å². The molecule has 5 heteroatoms. The number of likely N-dealkylation sites (N-methyl/N-ethyl adjacent to an activating group) is 1. The van der Waals surface area contributed by atoms with E-state index in [0.717, 1.165) is 18.7 Å². The van der Waals surface area contributed by atoms with Gasteiger partial charge in [-0.2, -0.15) is 0 Å². The van der Waals surface area contributed by atoms with Gasteiger partial charge >= 0.3 is 0 Å². The fourth-order valence-corrected chi connectivity index (χ4v) is 1.48. The molecule has 17 heavy (non-hydrogen) atoms. The van der Waals surface area contributed by atoms with Crippen molar-refractivity contribution in [2.45, 2.75) is 13.3 Å². The van der Waals surface area contributed by atoms with Gasteiger partial charge in [-0.25, -0.2) is 0 Å². The van der Waals surface area contributed by atoms with Gasteiger partial charge in [0.2, 0.25) is 11.8 Å². The van der Waals surface area contributed by atoms with Crippen LogP contribution in [-0.2, 0) is 6.42 Å². The molecule has 0 aliphatic rings. The molecule has 0 unspecified atom stereocenters. The molecule has 2 aromatic rings. The van der Waals surface area contributed by atoms with E-state index in [4.69, 9.17) is 4.42 Å². The molecule has 2 N–H and O–H groups in total. The third-order valence-corrected chi connectivity index (χ3v) is 2.33. The summed E-state index contributed by atoms with van der Waals surface area (Å²) < 4.78 is 5.50. The molecule has 0 saturated carbocycles. The fraction of sp³-hybridized carbons (Fsp3) is 0.333. The number of nitrogens with zero attached hydrogens (tertiary/aromatic N) is 2. The number of hydrogen-bond donors (Lipinski definition) is 2. The monoisotopic (exact) mass is 233 g/mol. The number of hydrogen-bond acceptors (Lipinski definition) is 5. The van der Waals surface area contributed by atoms with E-state index in [0.29, 0.717) is 18.2 Å². The summed E-state index contributed by atoms with van der Waals surface area (Å²) in [4.78, 5) is 0. The van der Waals surface area contributed by atoms with Gasteiger partial charge in [-0.15, -0.1) is 10.2 Å². The largest absolute Gasteiger partial charge is 0.508 e. The zero-order valence-corrected chi connectivity index (χ0v) is 9.68. The smallest absolute Gasteiger partial charge is 0.247 e. The van der Waals surface area contributed by atoms with E-state index in [2.05, 4.69) is 15.5 Å². The van der Waals surface area contributed by atoms with Gasteiger partial charge in [-0.05, 0) is 24.7 Å². The van der Waals surface area contributed by atoms with E-state index < -0.39 is 0 Å². The van der Waals surface area contributed by atoms with Gasteiger partial charge in [0, 0.05) is 18.5 Å². The van der Waals surface area contributed by atoms with Gasteiger partial charge in [0.1, 0.15) is 5.75 Å². The molecule has 2 rings (SSSR count). The zero-order chi connectivity index (χ0) is 12.1. The van der Waals surface area contributed by atoms with Crippen molar-refractivity contribution in [1.29, 1.82) is 0 Å². The van der Waals surface area contributed by atoms with Crippen molar-refractivity contribution in [3.8, 4) is 17.2 Å². The van der Waals surface area contributed by atoms with E-state index in [1.54, 1.807) is 18.2 Å². The van der Waals surface area contributed by atoms with Crippen molar-refractivity contribution in [2.24, 2.45) is 0 Å². The summed E-state index contributed by atoms with van der Waals surface area (Å²) in [6.07, 6.45) is 0.708. The Morgan fingerprint density at radius 2 is 2.24 bits per heavy atom. The molecule has 0 radical (unpaired) electrons. The minimum absolute atomic E-state index is 0.190. The average molecular weight is 233 g/mol. The highest BCUT2D eigenvalue weighted by molar-refractivity contribution is 5.54. The normalized spacial score (nSPS) is 10.6. The van der Waals surface area contributed by atoms with Crippen LogP contribution in [0.25, 0.3) is 11.5 Å². The molecule has 1 aromatic heterocycles. The molecule has 0 saturated heterocycles. The second-order valence-corrected chi connectivity index (χ2v) is 3.65. The van der Waals surface area contributed by atoms with E-state index in [1.807, 2.05) is 13.0 Å². The number of aromatic nitrogens is 2. The highest BCUT2D eigenvalue weighted by atomic mass is 16.4. The van der Waals surface area contributed by atoms with Crippen LogP contribution < -0.4 is 5.32 Å². The van der Waals surface area contributed by atoms with Gasteiger partial charge in [0.05, 0.1) is 0 Å². The van der Waals surface area contributed by atoms with Crippen molar-refractivity contribution in [3.63, 3.8) is 0 Å². The molecule has 90 valence electrons. The first kappa shape index (κ1) is 11.6. The third kappa shape index (κ3) is 3.04. The Labute approximate surface area is 99.5 Å². The molecule has 0 spiro atoms. The maximum absolute atomic E-state index is 9.35. The van der Waals surface area contributed by atoms with Crippen molar-refractivity contribution in [1.82, 2.24) is 15.5 Å². The molecular formula is C12H15N3O2. The molecule has 0 amide bonds. The summed E-state index contributed by atoms with van der Waals surface area (Å²) in [6.45, 7) is 3.79. The number of phenolic OH excluding ortho intramolecular Hbond substituents is 1. The molecule has 0 fully saturated rings. The zero-order valence-electron chi connectivity index (χ0n) is 9.68. The van der Waals surface area contributed by atoms with Crippen LogP contribution in [0.5, 0.6) is 5.75 Å². The summed E-state index contributed by atoms with van der Waals surface area (Å²) >= 11 is 0. The maximum atomic E-state index is 9.35. The Morgan fingerprint density at radius 3 is 3.00 bits per heavy atom. The van der Waals surface area contributed by atoms with Gasteiger partial charge < -0.3 is 14.8 Å².